The summed E-state index contributed by atoms with van der Waals surface area (Å²) in [5.41, 5.74) is 3.53. The fraction of sp³-hybridized carbons (Fsp3) is 0.278. The summed E-state index contributed by atoms with van der Waals surface area (Å²) in [6, 6.07) is 14.1. The van der Waals surface area contributed by atoms with Gasteiger partial charge in [-0.05, 0) is 5.56 Å². The molecule has 3 heterocycles. The zero-order chi connectivity index (χ0) is 15.6. The maximum atomic E-state index is 12.6. The van der Waals surface area contributed by atoms with Crippen LogP contribution in [-0.2, 0) is 6.54 Å². The molecule has 1 N–H and O–H groups in total. The van der Waals surface area contributed by atoms with Crippen molar-refractivity contribution in [3.63, 3.8) is 0 Å². The van der Waals surface area contributed by atoms with Crippen molar-refractivity contribution in [2.75, 3.05) is 26.2 Å². The molecule has 23 heavy (non-hydrogen) atoms. The number of hydrogen-bond acceptors (Lipinski definition) is 3. The van der Waals surface area contributed by atoms with Crippen molar-refractivity contribution < 1.29 is 9.21 Å². The maximum absolute atomic E-state index is 12.6. The number of H-pyrrole nitrogens is 1. The lowest BCUT2D eigenvalue weighted by atomic mass is 10.2. The van der Waals surface area contributed by atoms with E-state index in [1.54, 1.807) is 12.3 Å². The van der Waals surface area contributed by atoms with Gasteiger partial charge in [0.1, 0.15) is 5.69 Å². The van der Waals surface area contributed by atoms with Crippen molar-refractivity contribution >= 4 is 17.0 Å². The van der Waals surface area contributed by atoms with E-state index in [9.17, 15) is 4.79 Å². The standard InChI is InChI=1S/C18H19N3O2/c22-18(16-12-17-15(19-16)6-11-23-17)21-9-7-20(8-10-21)13-14-4-2-1-3-5-14/h1-6,11-12,19H,7-10,13H2. The van der Waals surface area contributed by atoms with Crippen LogP contribution in [0.4, 0.5) is 0 Å². The molecule has 0 radical (unpaired) electrons. The Balaban J connectivity index is 1.37. The lowest BCUT2D eigenvalue weighted by molar-refractivity contribution is 0.0623. The van der Waals surface area contributed by atoms with Gasteiger partial charge in [-0.25, -0.2) is 0 Å². The molecule has 0 saturated carbocycles. The van der Waals surface area contributed by atoms with Gasteiger partial charge in [0.15, 0.2) is 5.58 Å². The molecule has 118 valence electrons. The monoisotopic (exact) mass is 309 g/mol. The Morgan fingerprint density at radius 1 is 1.09 bits per heavy atom. The number of rotatable bonds is 3. The number of nitrogens with zero attached hydrogens (tertiary/aromatic N) is 2. The number of amides is 1. The van der Waals surface area contributed by atoms with Gasteiger partial charge >= 0.3 is 0 Å². The zero-order valence-electron chi connectivity index (χ0n) is 12.9. The first-order chi connectivity index (χ1) is 11.3. The molecule has 2 aromatic heterocycles. The fourth-order valence-corrected chi connectivity index (χ4v) is 3.08. The highest BCUT2D eigenvalue weighted by Gasteiger charge is 2.23. The highest BCUT2D eigenvalue weighted by molar-refractivity contribution is 5.96. The van der Waals surface area contributed by atoms with Crippen molar-refractivity contribution in [2.45, 2.75) is 6.54 Å². The highest BCUT2D eigenvalue weighted by Crippen LogP contribution is 2.18. The van der Waals surface area contributed by atoms with Gasteiger partial charge in [-0.3, -0.25) is 9.69 Å². The number of nitrogens with one attached hydrogen (secondary N) is 1. The summed E-state index contributed by atoms with van der Waals surface area (Å²) >= 11 is 0. The fourth-order valence-electron chi connectivity index (χ4n) is 3.08. The molecule has 0 unspecified atom stereocenters. The summed E-state index contributed by atoms with van der Waals surface area (Å²) in [6.07, 6.45) is 1.62. The number of furan rings is 1. The minimum absolute atomic E-state index is 0.0516. The topological polar surface area (TPSA) is 52.5 Å². The van der Waals surface area contributed by atoms with E-state index >= 15 is 0 Å². The Hall–Kier alpha value is -2.53. The van der Waals surface area contributed by atoms with Crippen LogP contribution in [0.1, 0.15) is 16.1 Å². The molecule has 0 bridgehead atoms. The largest absolute Gasteiger partial charge is 0.463 e. The van der Waals surface area contributed by atoms with Crippen LogP contribution in [0.2, 0.25) is 0 Å². The van der Waals surface area contributed by atoms with E-state index in [2.05, 4.69) is 34.1 Å². The third-order valence-electron chi connectivity index (χ3n) is 4.38. The lowest BCUT2D eigenvalue weighted by Gasteiger charge is -2.34. The molecule has 0 atom stereocenters. The second-order valence-electron chi connectivity index (χ2n) is 5.94. The summed E-state index contributed by atoms with van der Waals surface area (Å²) in [6.45, 7) is 4.26. The van der Waals surface area contributed by atoms with Gasteiger partial charge < -0.3 is 14.3 Å². The number of hydrogen-bond donors (Lipinski definition) is 1. The molecule has 0 spiro atoms. The summed E-state index contributed by atoms with van der Waals surface area (Å²) < 4.78 is 5.31. The van der Waals surface area contributed by atoms with E-state index in [0.29, 0.717) is 5.69 Å². The first-order valence-corrected chi connectivity index (χ1v) is 7.91. The SMILES string of the molecule is O=C(c1cc2occc2[nH]1)N1CCN(Cc2ccccc2)CC1. The average Bonchev–Trinajstić information content (AvgIpc) is 3.17. The number of aromatic amines is 1. The number of carbonyl (C=O) groups excluding carboxylic acids is 1. The summed E-state index contributed by atoms with van der Waals surface area (Å²) in [5.74, 6) is 0.0516. The van der Waals surface area contributed by atoms with Crippen molar-refractivity contribution in [3.05, 3.63) is 60.0 Å². The lowest BCUT2D eigenvalue weighted by Crippen LogP contribution is -2.48. The van der Waals surface area contributed by atoms with Crippen LogP contribution in [0, 0.1) is 0 Å². The molecule has 1 aliphatic rings. The molecule has 1 aliphatic heterocycles. The highest BCUT2D eigenvalue weighted by atomic mass is 16.3. The number of piperazine rings is 1. The maximum Gasteiger partial charge on any atom is 0.270 e. The smallest absolute Gasteiger partial charge is 0.270 e. The second-order valence-corrected chi connectivity index (χ2v) is 5.94. The van der Waals surface area contributed by atoms with Crippen molar-refractivity contribution in [3.8, 4) is 0 Å². The number of aromatic nitrogens is 1. The Morgan fingerprint density at radius 3 is 2.61 bits per heavy atom. The van der Waals surface area contributed by atoms with Gasteiger partial charge in [-0.2, -0.15) is 0 Å². The number of carbonyl (C=O) groups is 1. The molecular formula is C18H19N3O2. The van der Waals surface area contributed by atoms with E-state index in [1.807, 2.05) is 17.0 Å². The molecule has 5 nitrogen and oxygen atoms in total. The van der Waals surface area contributed by atoms with Crippen LogP contribution in [-0.4, -0.2) is 46.9 Å². The van der Waals surface area contributed by atoms with Gasteiger partial charge in [0, 0.05) is 44.9 Å². The number of fused-ring (bicyclic) bond motifs is 1. The summed E-state index contributed by atoms with van der Waals surface area (Å²) in [5, 5.41) is 0. The minimum Gasteiger partial charge on any atom is -0.463 e. The summed E-state index contributed by atoms with van der Waals surface area (Å²) in [7, 11) is 0. The average molecular weight is 309 g/mol. The molecular weight excluding hydrogens is 290 g/mol. The molecule has 5 heteroatoms. The third-order valence-corrected chi connectivity index (χ3v) is 4.38. The minimum atomic E-state index is 0.0516. The van der Waals surface area contributed by atoms with Crippen LogP contribution < -0.4 is 0 Å². The predicted octanol–water partition coefficient (Wildman–Crippen LogP) is 2.72. The molecule has 0 aliphatic carbocycles. The predicted molar refractivity (Wildman–Crippen MR) is 88.2 cm³/mol. The third kappa shape index (κ3) is 2.87. The van der Waals surface area contributed by atoms with Gasteiger partial charge in [0.05, 0.1) is 11.8 Å². The normalized spacial score (nSPS) is 16.1. The van der Waals surface area contributed by atoms with Gasteiger partial charge in [0.25, 0.3) is 5.91 Å². The molecule has 1 fully saturated rings. The van der Waals surface area contributed by atoms with Crippen LogP contribution in [0.25, 0.3) is 11.1 Å². The molecule has 1 saturated heterocycles. The first-order valence-electron chi connectivity index (χ1n) is 7.91. The van der Waals surface area contributed by atoms with Crippen molar-refractivity contribution in [1.82, 2.24) is 14.8 Å². The Morgan fingerprint density at radius 2 is 1.87 bits per heavy atom. The molecule has 1 aromatic carbocycles. The Kier molecular flexibility index (Phi) is 3.63. The van der Waals surface area contributed by atoms with Crippen molar-refractivity contribution in [1.29, 1.82) is 0 Å². The molecule has 4 rings (SSSR count). The Bertz CT molecular complexity index is 769. The van der Waals surface area contributed by atoms with Crippen molar-refractivity contribution in [2.24, 2.45) is 0 Å². The molecule has 3 aromatic rings. The van der Waals surface area contributed by atoms with Gasteiger partial charge in [0.2, 0.25) is 0 Å². The number of benzene rings is 1. The van der Waals surface area contributed by atoms with E-state index in [4.69, 9.17) is 4.42 Å². The first kappa shape index (κ1) is 14.1. The Labute approximate surface area is 134 Å². The zero-order valence-corrected chi connectivity index (χ0v) is 12.9. The van der Waals surface area contributed by atoms with E-state index in [0.717, 1.165) is 43.8 Å². The van der Waals surface area contributed by atoms with Crippen LogP contribution in [0.3, 0.4) is 0 Å². The molecule has 1 amide bonds. The second kappa shape index (κ2) is 5.93. The summed E-state index contributed by atoms with van der Waals surface area (Å²) in [4.78, 5) is 20.0. The van der Waals surface area contributed by atoms with E-state index < -0.39 is 0 Å². The van der Waals surface area contributed by atoms with E-state index in [1.165, 1.54) is 5.56 Å². The van der Waals surface area contributed by atoms with Crippen LogP contribution >= 0.6 is 0 Å². The quantitative estimate of drug-likeness (QED) is 0.809. The van der Waals surface area contributed by atoms with Crippen LogP contribution in [0.5, 0.6) is 0 Å². The van der Waals surface area contributed by atoms with Crippen LogP contribution in [0.15, 0.2) is 53.1 Å². The van der Waals surface area contributed by atoms with E-state index in [-0.39, 0.29) is 5.91 Å². The van der Waals surface area contributed by atoms with Gasteiger partial charge in [-0.15, -0.1) is 0 Å². The van der Waals surface area contributed by atoms with Gasteiger partial charge in [-0.1, -0.05) is 30.3 Å².